The minimum atomic E-state index is -0.156. The standard InChI is InChI=1S/C11H22N2O3.ClH/c1-16-11(15)6-4-2-3-5-9-13-10(14)7-8-12;/h2-9,12H2,1H3,(H,13,14);1H. The van der Waals surface area contributed by atoms with Gasteiger partial charge in [0.1, 0.15) is 0 Å². The second-order valence-corrected chi connectivity index (χ2v) is 3.63. The van der Waals surface area contributed by atoms with Crippen molar-refractivity contribution in [3.05, 3.63) is 0 Å². The third-order valence-electron chi connectivity index (χ3n) is 2.23. The number of rotatable bonds is 9. The molecule has 1 amide bonds. The van der Waals surface area contributed by atoms with Gasteiger partial charge in [-0.3, -0.25) is 9.59 Å². The summed E-state index contributed by atoms with van der Waals surface area (Å²) in [6.45, 7) is 1.09. The van der Waals surface area contributed by atoms with E-state index in [1.165, 1.54) is 7.11 Å². The summed E-state index contributed by atoms with van der Waals surface area (Å²) < 4.78 is 4.53. The Morgan fingerprint density at radius 1 is 1.12 bits per heavy atom. The number of methoxy groups -OCH3 is 1. The van der Waals surface area contributed by atoms with Crippen LogP contribution in [0.1, 0.15) is 38.5 Å². The molecule has 0 saturated carbocycles. The number of halogens is 1. The molecule has 0 bridgehead atoms. The van der Waals surface area contributed by atoms with Gasteiger partial charge in [0.2, 0.25) is 5.91 Å². The summed E-state index contributed by atoms with van der Waals surface area (Å²) in [6, 6.07) is 0. The molecule has 0 aliphatic carbocycles. The van der Waals surface area contributed by atoms with Gasteiger partial charge in [0.15, 0.2) is 0 Å². The van der Waals surface area contributed by atoms with Gasteiger partial charge in [-0.2, -0.15) is 0 Å². The Hall–Kier alpha value is -0.810. The Balaban J connectivity index is 0. The van der Waals surface area contributed by atoms with Crippen molar-refractivity contribution in [2.45, 2.75) is 38.5 Å². The van der Waals surface area contributed by atoms with Crippen LogP contribution < -0.4 is 11.1 Å². The average molecular weight is 267 g/mol. The Morgan fingerprint density at radius 2 is 1.76 bits per heavy atom. The third kappa shape index (κ3) is 13.1. The van der Waals surface area contributed by atoms with Crippen molar-refractivity contribution in [2.24, 2.45) is 5.73 Å². The lowest BCUT2D eigenvalue weighted by Gasteiger charge is -2.04. The zero-order chi connectivity index (χ0) is 12.2. The van der Waals surface area contributed by atoms with Crippen LogP contribution in [0.15, 0.2) is 0 Å². The Bertz CT molecular complexity index is 213. The fraction of sp³-hybridized carbons (Fsp3) is 0.818. The van der Waals surface area contributed by atoms with E-state index in [9.17, 15) is 9.59 Å². The van der Waals surface area contributed by atoms with Crippen molar-refractivity contribution in [1.29, 1.82) is 0 Å². The number of carbonyl (C=O) groups excluding carboxylic acids is 2. The zero-order valence-corrected chi connectivity index (χ0v) is 11.2. The molecule has 17 heavy (non-hydrogen) atoms. The van der Waals surface area contributed by atoms with E-state index >= 15 is 0 Å². The minimum absolute atomic E-state index is 0. The Labute approximate surface area is 109 Å². The summed E-state index contributed by atoms with van der Waals surface area (Å²) in [5, 5.41) is 2.78. The van der Waals surface area contributed by atoms with E-state index in [-0.39, 0.29) is 24.3 Å². The number of hydrogen-bond donors (Lipinski definition) is 2. The summed E-state index contributed by atoms with van der Waals surface area (Å²) in [6.07, 6.45) is 4.67. The van der Waals surface area contributed by atoms with Crippen LogP contribution >= 0.6 is 12.4 Å². The van der Waals surface area contributed by atoms with Crippen LogP contribution in [-0.2, 0) is 14.3 Å². The maximum Gasteiger partial charge on any atom is 0.305 e. The SMILES string of the molecule is COC(=O)CCCCCCNC(=O)CCN.Cl. The highest BCUT2D eigenvalue weighted by atomic mass is 35.5. The summed E-state index contributed by atoms with van der Waals surface area (Å²) in [5.41, 5.74) is 5.24. The summed E-state index contributed by atoms with van der Waals surface area (Å²) >= 11 is 0. The summed E-state index contributed by atoms with van der Waals surface area (Å²) in [7, 11) is 1.40. The Morgan fingerprint density at radius 3 is 2.35 bits per heavy atom. The monoisotopic (exact) mass is 266 g/mol. The number of carbonyl (C=O) groups is 2. The molecule has 0 unspecified atom stereocenters. The first kappa shape index (κ1) is 18.6. The second kappa shape index (κ2) is 13.3. The molecule has 0 rings (SSSR count). The molecule has 3 N–H and O–H groups in total. The number of hydrogen-bond acceptors (Lipinski definition) is 4. The smallest absolute Gasteiger partial charge is 0.305 e. The van der Waals surface area contributed by atoms with Crippen molar-refractivity contribution in [2.75, 3.05) is 20.2 Å². The predicted octanol–water partition coefficient (Wildman–Crippen LogP) is 0.997. The number of nitrogens with one attached hydrogen (secondary N) is 1. The lowest BCUT2D eigenvalue weighted by molar-refractivity contribution is -0.140. The van der Waals surface area contributed by atoms with Gasteiger partial charge in [-0.1, -0.05) is 12.8 Å². The molecule has 0 fully saturated rings. The van der Waals surface area contributed by atoms with E-state index in [0.29, 0.717) is 25.9 Å². The predicted molar refractivity (Wildman–Crippen MR) is 69.0 cm³/mol. The van der Waals surface area contributed by atoms with E-state index in [1.54, 1.807) is 0 Å². The maximum absolute atomic E-state index is 11.0. The summed E-state index contributed by atoms with van der Waals surface area (Å²) in [5.74, 6) is -0.145. The van der Waals surface area contributed by atoms with Crippen LogP contribution in [0.3, 0.4) is 0 Å². The lowest BCUT2D eigenvalue weighted by Crippen LogP contribution is -2.26. The van der Waals surface area contributed by atoms with Gasteiger partial charge in [0.05, 0.1) is 7.11 Å². The van der Waals surface area contributed by atoms with E-state index < -0.39 is 0 Å². The van der Waals surface area contributed by atoms with Crippen molar-refractivity contribution in [1.82, 2.24) is 5.32 Å². The number of ether oxygens (including phenoxy) is 1. The average Bonchev–Trinajstić information content (AvgIpc) is 2.27. The molecule has 5 nitrogen and oxygen atoms in total. The highest BCUT2D eigenvalue weighted by molar-refractivity contribution is 5.85. The first-order valence-corrected chi connectivity index (χ1v) is 5.74. The van der Waals surface area contributed by atoms with Crippen LogP contribution in [0.2, 0.25) is 0 Å². The molecule has 0 saturated heterocycles. The maximum atomic E-state index is 11.0. The number of esters is 1. The minimum Gasteiger partial charge on any atom is -0.469 e. The topological polar surface area (TPSA) is 81.4 Å². The largest absolute Gasteiger partial charge is 0.469 e. The molecule has 6 heteroatoms. The second-order valence-electron chi connectivity index (χ2n) is 3.63. The lowest BCUT2D eigenvalue weighted by atomic mass is 10.1. The molecule has 0 aromatic heterocycles. The fourth-order valence-electron chi connectivity index (χ4n) is 1.30. The summed E-state index contributed by atoms with van der Waals surface area (Å²) in [4.78, 5) is 21.8. The van der Waals surface area contributed by atoms with Gasteiger partial charge in [-0.15, -0.1) is 12.4 Å². The van der Waals surface area contributed by atoms with Crippen molar-refractivity contribution >= 4 is 24.3 Å². The third-order valence-corrected chi connectivity index (χ3v) is 2.23. The van der Waals surface area contributed by atoms with Crippen LogP contribution in [0.4, 0.5) is 0 Å². The first-order chi connectivity index (χ1) is 7.70. The van der Waals surface area contributed by atoms with Crippen LogP contribution in [-0.4, -0.2) is 32.1 Å². The van der Waals surface area contributed by atoms with Gasteiger partial charge in [0.25, 0.3) is 0 Å². The number of nitrogens with two attached hydrogens (primary N) is 1. The molecule has 0 aliphatic rings. The van der Waals surface area contributed by atoms with Gasteiger partial charge in [0, 0.05) is 25.9 Å². The van der Waals surface area contributed by atoms with Crippen LogP contribution in [0.5, 0.6) is 0 Å². The molecule has 0 spiro atoms. The molecule has 0 aliphatic heterocycles. The van der Waals surface area contributed by atoms with Crippen molar-refractivity contribution in [3.8, 4) is 0 Å². The molecular weight excluding hydrogens is 244 g/mol. The van der Waals surface area contributed by atoms with Crippen molar-refractivity contribution < 1.29 is 14.3 Å². The molecule has 0 heterocycles. The molecular formula is C11H23ClN2O3. The van der Waals surface area contributed by atoms with Crippen LogP contribution in [0.25, 0.3) is 0 Å². The molecule has 0 aromatic rings. The van der Waals surface area contributed by atoms with Gasteiger partial charge in [-0.05, 0) is 12.8 Å². The van der Waals surface area contributed by atoms with E-state index in [4.69, 9.17) is 5.73 Å². The highest BCUT2D eigenvalue weighted by Gasteiger charge is 2.00. The highest BCUT2D eigenvalue weighted by Crippen LogP contribution is 2.03. The normalized spacial score (nSPS) is 9.29. The van der Waals surface area contributed by atoms with Crippen molar-refractivity contribution in [3.63, 3.8) is 0 Å². The van der Waals surface area contributed by atoms with Gasteiger partial charge < -0.3 is 15.8 Å². The van der Waals surface area contributed by atoms with E-state index in [1.807, 2.05) is 0 Å². The van der Waals surface area contributed by atoms with E-state index in [0.717, 1.165) is 25.7 Å². The number of unbranched alkanes of at least 4 members (excludes halogenated alkanes) is 3. The van der Waals surface area contributed by atoms with Crippen LogP contribution in [0, 0.1) is 0 Å². The fourth-order valence-corrected chi connectivity index (χ4v) is 1.30. The van der Waals surface area contributed by atoms with Gasteiger partial charge in [-0.25, -0.2) is 0 Å². The van der Waals surface area contributed by atoms with Gasteiger partial charge >= 0.3 is 5.97 Å². The first-order valence-electron chi connectivity index (χ1n) is 5.74. The Kier molecular flexibility index (Phi) is 14.5. The molecule has 0 atom stereocenters. The molecule has 0 aromatic carbocycles. The number of amides is 1. The quantitative estimate of drug-likeness (QED) is 0.482. The zero-order valence-electron chi connectivity index (χ0n) is 10.4. The van der Waals surface area contributed by atoms with E-state index in [2.05, 4.69) is 10.1 Å². The molecule has 0 radical (unpaired) electrons. The molecule has 102 valence electrons.